The number of nitrogens with zero attached hydrogens (tertiary/aromatic N) is 3. The first-order chi connectivity index (χ1) is 12.2. The quantitative estimate of drug-likeness (QED) is 0.773. The second-order valence-corrected chi connectivity index (χ2v) is 6.47. The Morgan fingerprint density at radius 3 is 3.08 bits per heavy atom. The molecule has 2 aliphatic heterocycles. The van der Waals surface area contributed by atoms with Crippen molar-refractivity contribution in [2.45, 2.75) is 32.0 Å². The number of nitrogens with two attached hydrogens (primary N) is 1. The Morgan fingerprint density at radius 2 is 2.24 bits per heavy atom. The smallest absolute Gasteiger partial charge is 0.224 e. The van der Waals surface area contributed by atoms with Gasteiger partial charge in [-0.05, 0) is 11.6 Å². The van der Waals surface area contributed by atoms with E-state index in [9.17, 15) is 4.79 Å². The van der Waals surface area contributed by atoms with Crippen LogP contribution in [0.25, 0.3) is 0 Å². The molecule has 0 spiro atoms. The first-order valence-corrected chi connectivity index (χ1v) is 8.66. The summed E-state index contributed by atoms with van der Waals surface area (Å²) in [6.45, 7) is 1.65. The summed E-state index contributed by atoms with van der Waals surface area (Å²) in [6.07, 6.45) is 3.97. The molecule has 0 aliphatic carbocycles. The van der Waals surface area contributed by atoms with Crippen LogP contribution in [-0.4, -0.2) is 40.0 Å². The van der Waals surface area contributed by atoms with Gasteiger partial charge in [0.25, 0.3) is 0 Å². The minimum Gasteiger partial charge on any atom is -0.365 e. The van der Waals surface area contributed by atoms with Crippen LogP contribution in [0.2, 0.25) is 0 Å². The molecule has 1 amide bonds. The minimum absolute atomic E-state index is 0.0988. The molecule has 2 aromatic rings. The van der Waals surface area contributed by atoms with Crippen molar-refractivity contribution in [3.8, 4) is 0 Å². The van der Waals surface area contributed by atoms with Crippen LogP contribution in [-0.2, 0) is 24.2 Å². The second-order valence-electron chi connectivity index (χ2n) is 6.47. The minimum atomic E-state index is 0.0988. The number of aromatic nitrogens is 2. The summed E-state index contributed by atoms with van der Waals surface area (Å²) in [5.41, 5.74) is 9.97. The van der Waals surface area contributed by atoms with Crippen molar-refractivity contribution < 1.29 is 4.79 Å². The van der Waals surface area contributed by atoms with Gasteiger partial charge in [0.1, 0.15) is 6.17 Å². The Kier molecular flexibility index (Phi) is 4.23. The van der Waals surface area contributed by atoms with Crippen LogP contribution in [0.3, 0.4) is 0 Å². The van der Waals surface area contributed by atoms with Gasteiger partial charge in [-0.2, -0.15) is 0 Å². The largest absolute Gasteiger partial charge is 0.365 e. The molecule has 0 saturated heterocycles. The van der Waals surface area contributed by atoms with Gasteiger partial charge in [-0.1, -0.05) is 18.2 Å². The van der Waals surface area contributed by atoms with Gasteiger partial charge in [-0.25, -0.2) is 9.97 Å². The summed E-state index contributed by atoms with van der Waals surface area (Å²) in [4.78, 5) is 22.9. The van der Waals surface area contributed by atoms with Gasteiger partial charge < -0.3 is 21.3 Å². The normalized spacial score (nSPS) is 18.3. The van der Waals surface area contributed by atoms with Crippen molar-refractivity contribution in [3.63, 3.8) is 0 Å². The Morgan fingerprint density at radius 1 is 1.36 bits per heavy atom. The zero-order valence-corrected chi connectivity index (χ0v) is 14.0. The highest BCUT2D eigenvalue weighted by molar-refractivity contribution is 5.76. The molecule has 2 aliphatic rings. The van der Waals surface area contributed by atoms with Crippen molar-refractivity contribution >= 4 is 17.5 Å². The topological polar surface area (TPSA) is 96.2 Å². The molecule has 4 rings (SSSR count). The fraction of sp³-hybridized carbons (Fsp3) is 0.389. The van der Waals surface area contributed by atoms with Gasteiger partial charge in [0.2, 0.25) is 11.9 Å². The lowest BCUT2D eigenvalue weighted by Gasteiger charge is -2.28. The molecule has 130 valence electrons. The van der Waals surface area contributed by atoms with E-state index in [1.165, 1.54) is 5.56 Å². The summed E-state index contributed by atoms with van der Waals surface area (Å²) in [5, 5.41) is 6.80. The summed E-state index contributed by atoms with van der Waals surface area (Å²) < 4.78 is 0. The average molecular weight is 338 g/mol. The number of carbonyl (C=O) groups excluding carboxylic acids is 1. The van der Waals surface area contributed by atoms with Gasteiger partial charge in [0, 0.05) is 56.3 Å². The van der Waals surface area contributed by atoms with E-state index >= 15 is 0 Å². The number of anilines is 2. The number of rotatable bonds is 4. The molecule has 0 saturated carbocycles. The molecular formula is C18H22N6O. The van der Waals surface area contributed by atoms with E-state index in [0.29, 0.717) is 32.0 Å². The molecule has 4 N–H and O–H groups in total. The summed E-state index contributed by atoms with van der Waals surface area (Å²) >= 11 is 0. The van der Waals surface area contributed by atoms with E-state index < -0.39 is 0 Å². The highest BCUT2D eigenvalue weighted by atomic mass is 16.2. The van der Waals surface area contributed by atoms with Gasteiger partial charge >= 0.3 is 0 Å². The molecule has 0 fully saturated rings. The van der Waals surface area contributed by atoms with Gasteiger partial charge in [-0.15, -0.1) is 0 Å². The van der Waals surface area contributed by atoms with Crippen LogP contribution in [0, 0.1) is 0 Å². The number of fused-ring (bicyclic) bond motifs is 2. The number of nitrogens with one attached hydrogen (secondary N) is 2. The maximum atomic E-state index is 12.0. The molecule has 1 atom stereocenters. The Bertz CT molecular complexity index is 768. The molecule has 25 heavy (non-hydrogen) atoms. The molecule has 7 nitrogen and oxygen atoms in total. The van der Waals surface area contributed by atoms with Gasteiger partial charge in [0.15, 0.2) is 0 Å². The van der Waals surface area contributed by atoms with Crippen molar-refractivity contribution in [2.75, 3.05) is 23.7 Å². The molecular weight excluding hydrogens is 316 g/mol. The lowest BCUT2D eigenvalue weighted by molar-refractivity contribution is -0.131. The van der Waals surface area contributed by atoms with Crippen LogP contribution in [0.5, 0.6) is 0 Å². The third kappa shape index (κ3) is 3.28. The van der Waals surface area contributed by atoms with E-state index in [0.717, 1.165) is 29.8 Å². The zero-order valence-electron chi connectivity index (χ0n) is 14.0. The lowest BCUT2D eigenvalue weighted by atomic mass is 10.1. The van der Waals surface area contributed by atoms with E-state index in [1.54, 1.807) is 0 Å². The van der Waals surface area contributed by atoms with E-state index in [2.05, 4.69) is 38.8 Å². The fourth-order valence-corrected chi connectivity index (χ4v) is 3.42. The van der Waals surface area contributed by atoms with Crippen molar-refractivity contribution in [2.24, 2.45) is 5.73 Å². The predicted octanol–water partition coefficient (Wildman–Crippen LogP) is 1.12. The standard InChI is InChI=1S/C18H22N6O/c19-7-5-17(25)24-8-6-15-13(11-24)10-20-18(22-15)23-16-9-12-3-1-2-4-14(12)21-16/h1-4,10,16,21H,5-9,11,19H2,(H,20,22,23). The maximum absolute atomic E-state index is 12.0. The molecule has 0 bridgehead atoms. The predicted molar refractivity (Wildman–Crippen MR) is 96.0 cm³/mol. The van der Waals surface area contributed by atoms with Gasteiger partial charge in [0.05, 0.1) is 5.69 Å². The Labute approximate surface area is 146 Å². The van der Waals surface area contributed by atoms with Gasteiger partial charge in [-0.3, -0.25) is 4.79 Å². The van der Waals surface area contributed by atoms with E-state index in [4.69, 9.17) is 5.73 Å². The molecule has 3 heterocycles. The molecule has 0 radical (unpaired) electrons. The Hall–Kier alpha value is -2.67. The maximum Gasteiger partial charge on any atom is 0.224 e. The first-order valence-electron chi connectivity index (χ1n) is 8.66. The highest BCUT2D eigenvalue weighted by Crippen LogP contribution is 2.26. The van der Waals surface area contributed by atoms with Crippen molar-refractivity contribution in [1.29, 1.82) is 0 Å². The summed E-state index contributed by atoms with van der Waals surface area (Å²) in [6, 6.07) is 8.29. The van der Waals surface area contributed by atoms with Crippen LogP contribution >= 0.6 is 0 Å². The summed E-state index contributed by atoms with van der Waals surface area (Å²) in [7, 11) is 0. The number of hydrogen-bond donors (Lipinski definition) is 3. The zero-order chi connectivity index (χ0) is 17.2. The summed E-state index contributed by atoms with van der Waals surface area (Å²) in [5.74, 6) is 0.731. The van der Waals surface area contributed by atoms with Crippen molar-refractivity contribution in [1.82, 2.24) is 14.9 Å². The molecule has 1 unspecified atom stereocenters. The molecule has 7 heteroatoms. The molecule has 1 aromatic heterocycles. The monoisotopic (exact) mass is 338 g/mol. The molecule has 1 aromatic carbocycles. The van der Waals surface area contributed by atoms with Crippen LogP contribution in [0.4, 0.5) is 11.6 Å². The number of benzene rings is 1. The second kappa shape index (κ2) is 6.68. The lowest BCUT2D eigenvalue weighted by Crippen LogP contribution is -2.37. The van der Waals surface area contributed by atoms with Crippen LogP contribution < -0.4 is 16.4 Å². The van der Waals surface area contributed by atoms with Crippen LogP contribution in [0.15, 0.2) is 30.5 Å². The third-order valence-electron chi connectivity index (χ3n) is 4.72. The number of hydrogen-bond acceptors (Lipinski definition) is 6. The highest BCUT2D eigenvalue weighted by Gasteiger charge is 2.24. The SMILES string of the molecule is NCCC(=O)N1CCc2nc(NC3Cc4ccccc4N3)ncc2C1. The van der Waals surface area contributed by atoms with Crippen molar-refractivity contribution in [3.05, 3.63) is 47.3 Å². The fourth-order valence-electron chi connectivity index (χ4n) is 3.42. The Balaban J connectivity index is 1.42. The number of para-hydroxylation sites is 1. The van der Waals surface area contributed by atoms with E-state index in [-0.39, 0.29) is 12.1 Å². The third-order valence-corrected chi connectivity index (χ3v) is 4.72. The first kappa shape index (κ1) is 15.8. The van der Waals surface area contributed by atoms with E-state index in [1.807, 2.05) is 17.2 Å². The van der Waals surface area contributed by atoms with Crippen LogP contribution in [0.1, 0.15) is 23.2 Å². The average Bonchev–Trinajstić information content (AvgIpc) is 3.03. The number of carbonyl (C=O) groups is 1. The number of amides is 1.